The van der Waals surface area contributed by atoms with Gasteiger partial charge >= 0.3 is 7.12 Å². The van der Waals surface area contributed by atoms with Gasteiger partial charge < -0.3 is 9.31 Å². The molecule has 1 saturated heterocycles. The summed E-state index contributed by atoms with van der Waals surface area (Å²) >= 11 is 0. The maximum atomic E-state index is 11.5. The lowest BCUT2D eigenvalue weighted by Crippen LogP contribution is -2.41. The average Bonchev–Trinajstić information content (AvgIpc) is 2.47. The second-order valence-corrected chi connectivity index (χ2v) is 6.02. The summed E-state index contributed by atoms with van der Waals surface area (Å²) in [5.74, 6) is -0.0455. The van der Waals surface area contributed by atoms with Gasteiger partial charge in [-0.15, -0.1) is 0 Å². The number of hydrogen-bond acceptors (Lipinski definition) is 4. The Balaban J connectivity index is 2.40. The molecule has 1 aliphatic rings. The Morgan fingerprint density at radius 3 is 2.21 bits per heavy atom. The number of hydrogen-bond donors (Lipinski definition) is 0. The van der Waals surface area contributed by atoms with E-state index in [0.717, 1.165) is 11.0 Å². The van der Waals surface area contributed by atoms with Crippen molar-refractivity contribution in [3.63, 3.8) is 0 Å². The van der Waals surface area contributed by atoms with E-state index in [2.05, 4.69) is 4.98 Å². The summed E-state index contributed by atoms with van der Waals surface area (Å²) in [4.78, 5) is 15.7. The molecule has 1 aromatic heterocycles. The predicted octanol–water partition coefficient (Wildman–Crippen LogP) is 1.89. The molecule has 0 unspecified atom stereocenters. The molecule has 2 heterocycles. The minimum Gasteiger partial charge on any atom is -0.399 e. The Kier molecular flexibility index (Phi) is 3.31. The van der Waals surface area contributed by atoms with Crippen LogP contribution in [-0.4, -0.2) is 29.1 Å². The quantitative estimate of drug-likeness (QED) is 0.602. The van der Waals surface area contributed by atoms with Crippen molar-refractivity contribution in [3.05, 3.63) is 23.5 Å². The first kappa shape index (κ1) is 14.2. The molecule has 1 aromatic rings. The first-order valence-electron chi connectivity index (χ1n) is 6.48. The second kappa shape index (κ2) is 4.42. The van der Waals surface area contributed by atoms with Crippen molar-refractivity contribution < 1.29 is 14.1 Å². The van der Waals surface area contributed by atoms with Crippen LogP contribution in [0, 0.1) is 6.92 Å². The van der Waals surface area contributed by atoms with E-state index < -0.39 is 7.12 Å². The summed E-state index contributed by atoms with van der Waals surface area (Å²) in [6, 6.07) is 1.85. The van der Waals surface area contributed by atoms with E-state index in [1.807, 2.05) is 40.7 Å². The second-order valence-electron chi connectivity index (χ2n) is 6.02. The number of carbonyl (C=O) groups excluding carboxylic acids is 1. The van der Waals surface area contributed by atoms with E-state index >= 15 is 0 Å². The first-order valence-corrected chi connectivity index (χ1v) is 6.48. The summed E-state index contributed by atoms with van der Waals surface area (Å²) in [5.41, 5.74) is 1.41. The molecule has 0 atom stereocenters. The van der Waals surface area contributed by atoms with Gasteiger partial charge in [-0.25, -0.2) is 0 Å². The molecule has 1 aliphatic heterocycles. The zero-order valence-corrected chi connectivity index (χ0v) is 12.4. The molecular formula is C14H20BNO3. The van der Waals surface area contributed by atoms with E-state index in [-0.39, 0.29) is 17.0 Å². The number of aromatic nitrogens is 1. The third-order valence-corrected chi connectivity index (χ3v) is 4.09. The van der Waals surface area contributed by atoms with E-state index in [4.69, 9.17) is 9.31 Å². The fourth-order valence-corrected chi connectivity index (χ4v) is 2.13. The van der Waals surface area contributed by atoms with Crippen LogP contribution < -0.4 is 5.46 Å². The maximum Gasteiger partial charge on any atom is 0.495 e. The number of rotatable bonds is 2. The van der Waals surface area contributed by atoms with Crippen LogP contribution in [0.2, 0.25) is 0 Å². The largest absolute Gasteiger partial charge is 0.495 e. The number of pyridine rings is 1. The summed E-state index contributed by atoms with van der Waals surface area (Å²) in [7, 11) is -0.453. The van der Waals surface area contributed by atoms with Gasteiger partial charge in [-0.1, -0.05) is 0 Å². The minimum atomic E-state index is -0.453. The number of ketones is 1. The van der Waals surface area contributed by atoms with Gasteiger partial charge in [0.15, 0.2) is 5.78 Å². The van der Waals surface area contributed by atoms with Gasteiger partial charge in [0.25, 0.3) is 0 Å². The highest BCUT2D eigenvalue weighted by atomic mass is 16.7. The Morgan fingerprint density at radius 2 is 1.74 bits per heavy atom. The van der Waals surface area contributed by atoms with Crippen LogP contribution in [0.3, 0.4) is 0 Å². The summed E-state index contributed by atoms with van der Waals surface area (Å²) in [6.45, 7) is 11.4. The van der Waals surface area contributed by atoms with Gasteiger partial charge in [0.2, 0.25) is 0 Å². The standard InChI is InChI=1S/C14H20BNO3/c1-9-11(7-8-16-12(9)10(2)17)15-18-13(3,4)14(5,6)19-15/h7-8H,1-6H3. The Hall–Kier alpha value is -1.20. The topological polar surface area (TPSA) is 48.4 Å². The van der Waals surface area contributed by atoms with Gasteiger partial charge in [-0.05, 0) is 51.7 Å². The van der Waals surface area contributed by atoms with Gasteiger partial charge in [-0.3, -0.25) is 9.78 Å². The highest BCUT2D eigenvalue weighted by molar-refractivity contribution is 6.62. The molecular weight excluding hydrogens is 241 g/mol. The summed E-state index contributed by atoms with van der Waals surface area (Å²) in [6.07, 6.45) is 1.63. The lowest BCUT2D eigenvalue weighted by molar-refractivity contribution is 0.00578. The van der Waals surface area contributed by atoms with Gasteiger partial charge in [0, 0.05) is 13.1 Å². The summed E-state index contributed by atoms with van der Waals surface area (Å²) in [5, 5.41) is 0. The van der Waals surface area contributed by atoms with Crippen LogP contribution in [0.5, 0.6) is 0 Å². The van der Waals surface area contributed by atoms with Crippen molar-refractivity contribution in [1.29, 1.82) is 0 Å². The molecule has 0 radical (unpaired) electrons. The Bertz CT molecular complexity index is 509. The molecule has 19 heavy (non-hydrogen) atoms. The number of nitrogens with zero attached hydrogens (tertiary/aromatic N) is 1. The first-order chi connectivity index (χ1) is 8.66. The fraction of sp³-hybridized carbons (Fsp3) is 0.571. The van der Waals surface area contributed by atoms with Gasteiger partial charge in [0.1, 0.15) is 5.69 Å². The highest BCUT2D eigenvalue weighted by Crippen LogP contribution is 2.36. The van der Waals surface area contributed by atoms with Crippen molar-refractivity contribution in [2.24, 2.45) is 0 Å². The van der Waals surface area contributed by atoms with Crippen molar-refractivity contribution in [2.45, 2.75) is 52.7 Å². The molecule has 2 rings (SSSR count). The zero-order chi connectivity index (χ0) is 14.4. The highest BCUT2D eigenvalue weighted by Gasteiger charge is 2.52. The van der Waals surface area contributed by atoms with Crippen molar-refractivity contribution in [3.8, 4) is 0 Å². The molecule has 5 heteroatoms. The van der Waals surface area contributed by atoms with Crippen LogP contribution >= 0.6 is 0 Å². The molecule has 0 amide bonds. The molecule has 0 saturated carbocycles. The van der Waals surface area contributed by atoms with Crippen LogP contribution in [0.4, 0.5) is 0 Å². The zero-order valence-electron chi connectivity index (χ0n) is 12.4. The lowest BCUT2D eigenvalue weighted by Gasteiger charge is -2.32. The van der Waals surface area contributed by atoms with Gasteiger partial charge in [-0.2, -0.15) is 0 Å². The summed E-state index contributed by atoms with van der Waals surface area (Å²) < 4.78 is 12.0. The van der Waals surface area contributed by atoms with Crippen molar-refractivity contribution in [1.82, 2.24) is 4.98 Å². The third-order valence-electron chi connectivity index (χ3n) is 4.09. The SMILES string of the molecule is CC(=O)c1nccc(B2OC(C)(C)C(C)(C)O2)c1C. The molecule has 1 fully saturated rings. The van der Waals surface area contributed by atoms with E-state index in [9.17, 15) is 4.79 Å². The fourth-order valence-electron chi connectivity index (χ4n) is 2.13. The Morgan fingerprint density at radius 1 is 1.21 bits per heavy atom. The normalized spacial score (nSPS) is 20.6. The molecule has 0 aliphatic carbocycles. The van der Waals surface area contributed by atoms with E-state index in [1.165, 1.54) is 6.92 Å². The predicted molar refractivity (Wildman–Crippen MR) is 74.7 cm³/mol. The lowest BCUT2D eigenvalue weighted by atomic mass is 9.76. The average molecular weight is 261 g/mol. The monoisotopic (exact) mass is 261 g/mol. The molecule has 0 N–H and O–H groups in total. The van der Waals surface area contributed by atoms with Crippen LogP contribution in [-0.2, 0) is 9.31 Å². The van der Waals surface area contributed by atoms with Crippen LogP contribution in [0.15, 0.2) is 12.3 Å². The molecule has 0 spiro atoms. The maximum absolute atomic E-state index is 11.5. The van der Waals surface area contributed by atoms with E-state index in [0.29, 0.717) is 5.69 Å². The van der Waals surface area contributed by atoms with E-state index in [1.54, 1.807) is 6.20 Å². The number of carbonyl (C=O) groups is 1. The minimum absolute atomic E-state index is 0.0455. The molecule has 0 bridgehead atoms. The number of Topliss-reactive ketones (excluding diaryl/α,β-unsaturated/α-hetero) is 1. The molecule has 102 valence electrons. The molecule has 4 nitrogen and oxygen atoms in total. The van der Waals surface area contributed by atoms with Crippen molar-refractivity contribution >= 4 is 18.4 Å². The smallest absolute Gasteiger partial charge is 0.399 e. The Labute approximate surface area is 114 Å². The van der Waals surface area contributed by atoms with Crippen LogP contribution in [0.1, 0.15) is 50.7 Å². The van der Waals surface area contributed by atoms with Gasteiger partial charge in [0.05, 0.1) is 11.2 Å². The molecule has 0 aromatic carbocycles. The van der Waals surface area contributed by atoms with Crippen molar-refractivity contribution in [2.75, 3.05) is 0 Å². The van der Waals surface area contributed by atoms with Crippen LogP contribution in [0.25, 0.3) is 0 Å². The third kappa shape index (κ3) is 2.32.